The van der Waals surface area contributed by atoms with Gasteiger partial charge < -0.3 is 9.47 Å². The minimum absolute atomic E-state index is 0.00944. The topological polar surface area (TPSA) is 72.9 Å². The highest BCUT2D eigenvalue weighted by Gasteiger charge is 2.44. The number of hydrogen-bond donors (Lipinski definition) is 0. The number of rotatable bonds is 6. The van der Waals surface area contributed by atoms with Crippen LogP contribution in [0.2, 0.25) is 0 Å². The highest BCUT2D eigenvalue weighted by atomic mass is 32.2. The van der Waals surface area contributed by atoms with Crippen LogP contribution in [-0.4, -0.2) is 44.5 Å². The first-order chi connectivity index (χ1) is 13.4. The predicted octanol–water partition coefficient (Wildman–Crippen LogP) is 2.82. The van der Waals surface area contributed by atoms with Gasteiger partial charge in [0.1, 0.15) is 12.1 Å². The third kappa shape index (κ3) is 4.58. The van der Waals surface area contributed by atoms with Gasteiger partial charge in [-0.15, -0.1) is 0 Å². The van der Waals surface area contributed by atoms with Crippen LogP contribution in [0.4, 0.5) is 4.39 Å². The minimum atomic E-state index is -3.92. The van der Waals surface area contributed by atoms with Gasteiger partial charge in [0.25, 0.3) is 0 Å². The quantitative estimate of drug-likeness (QED) is 0.691. The lowest BCUT2D eigenvalue weighted by atomic mass is 10.2. The fourth-order valence-electron chi connectivity index (χ4n) is 3.01. The molecule has 1 aliphatic rings. The average molecular weight is 405 g/mol. The van der Waals surface area contributed by atoms with Crippen molar-refractivity contribution in [1.82, 2.24) is 4.31 Å². The summed E-state index contributed by atoms with van der Waals surface area (Å²) in [5.74, 6) is -1.23. The summed E-state index contributed by atoms with van der Waals surface area (Å²) in [5.41, 5.74) is 0.707. The predicted molar refractivity (Wildman–Crippen MR) is 102 cm³/mol. The van der Waals surface area contributed by atoms with Crippen molar-refractivity contribution < 1.29 is 27.1 Å². The van der Waals surface area contributed by atoms with Crippen LogP contribution in [0, 0.1) is 5.82 Å². The molecule has 0 aromatic heterocycles. The molecule has 0 spiro atoms. The number of ether oxygens (including phenoxy) is 2. The summed E-state index contributed by atoms with van der Waals surface area (Å²) in [4.78, 5) is 12.1. The zero-order chi connectivity index (χ0) is 20.1. The lowest BCUT2D eigenvalue weighted by Gasteiger charge is -2.19. The molecule has 3 rings (SSSR count). The van der Waals surface area contributed by atoms with Crippen LogP contribution in [-0.2, 0) is 19.6 Å². The van der Waals surface area contributed by atoms with E-state index in [2.05, 4.69) is 0 Å². The summed E-state index contributed by atoms with van der Waals surface area (Å²) in [6.45, 7) is -0.0877. The van der Waals surface area contributed by atoms with Gasteiger partial charge in [-0.1, -0.05) is 42.5 Å². The molecule has 148 valence electrons. The normalized spacial score (nSPS) is 20.4. The molecule has 0 radical (unpaired) electrons. The first-order valence-electron chi connectivity index (χ1n) is 8.64. The number of carbonyl (C=O) groups is 1. The van der Waals surface area contributed by atoms with E-state index in [1.807, 2.05) is 6.07 Å². The van der Waals surface area contributed by atoms with Crippen molar-refractivity contribution >= 4 is 22.1 Å². The van der Waals surface area contributed by atoms with Gasteiger partial charge in [0.15, 0.2) is 11.6 Å². The summed E-state index contributed by atoms with van der Waals surface area (Å²) in [6, 6.07) is 13.7. The maximum atomic E-state index is 13.8. The molecule has 2 aromatic rings. The van der Waals surface area contributed by atoms with Gasteiger partial charge in [0.2, 0.25) is 10.0 Å². The fraction of sp³-hybridized carbons (Fsp3) is 0.250. The van der Waals surface area contributed by atoms with Crippen molar-refractivity contribution in [3.63, 3.8) is 0 Å². The highest BCUT2D eigenvalue weighted by molar-refractivity contribution is 7.92. The Morgan fingerprint density at radius 1 is 1.14 bits per heavy atom. The Kier molecular flexibility index (Phi) is 6.11. The molecule has 1 heterocycles. The number of esters is 1. The van der Waals surface area contributed by atoms with E-state index in [0.717, 1.165) is 9.71 Å². The molecule has 8 heteroatoms. The first-order valence-corrected chi connectivity index (χ1v) is 10.1. The molecule has 2 atom stereocenters. The third-order valence-corrected chi connectivity index (χ3v) is 5.92. The largest absolute Gasteiger partial charge is 0.486 e. The Bertz CT molecular complexity index is 962. The molecule has 0 bridgehead atoms. The van der Waals surface area contributed by atoms with E-state index < -0.39 is 34.0 Å². The van der Waals surface area contributed by atoms with Crippen LogP contribution in [0.25, 0.3) is 6.08 Å². The second-order valence-corrected chi connectivity index (χ2v) is 8.04. The lowest BCUT2D eigenvalue weighted by Crippen LogP contribution is -2.40. The second kappa shape index (κ2) is 8.53. The lowest BCUT2D eigenvalue weighted by molar-refractivity contribution is -0.144. The Morgan fingerprint density at radius 2 is 1.82 bits per heavy atom. The number of nitrogens with zero attached hydrogens (tertiary/aromatic N) is 1. The average Bonchev–Trinajstić information content (AvgIpc) is 3.13. The van der Waals surface area contributed by atoms with Crippen LogP contribution in [0.5, 0.6) is 5.75 Å². The van der Waals surface area contributed by atoms with Crippen molar-refractivity contribution in [2.75, 3.05) is 13.7 Å². The van der Waals surface area contributed by atoms with E-state index in [4.69, 9.17) is 9.47 Å². The second-order valence-electron chi connectivity index (χ2n) is 6.27. The van der Waals surface area contributed by atoms with Crippen LogP contribution < -0.4 is 4.74 Å². The van der Waals surface area contributed by atoms with Crippen LogP contribution >= 0.6 is 0 Å². The van der Waals surface area contributed by atoms with Crippen LogP contribution in [0.15, 0.2) is 60.0 Å². The smallest absolute Gasteiger partial charge is 0.324 e. The monoisotopic (exact) mass is 405 g/mol. The SMILES string of the molecule is COC(=O)C1CC(Oc2ccccc2F)CN1S(=O)(=O)/C=C/c1ccccc1. The highest BCUT2D eigenvalue weighted by Crippen LogP contribution is 2.28. The summed E-state index contributed by atoms with van der Waals surface area (Å²) < 4.78 is 50.8. The fourth-order valence-corrected chi connectivity index (χ4v) is 4.40. The molecular weight excluding hydrogens is 385 g/mol. The van der Waals surface area contributed by atoms with Crippen molar-refractivity contribution in [1.29, 1.82) is 0 Å². The molecule has 0 amide bonds. The first kappa shape index (κ1) is 20.0. The van der Waals surface area contributed by atoms with Crippen molar-refractivity contribution in [2.24, 2.45) is 0 Å². The molecule has 2 aromatic carbocycles. The van der Waals surface area contributed by atoms with Gasteiger partial charge in [-0.2, -0.15) is 4.31 Å². The zero-order valence-electron chi connectivity index (χ0n) is 15.2. The van der Waals surface area contributed by atoms with E-state index in [9.17, 15) is 17.6 Å². The Hall–Kier alpha value is -2.71. The Balaban J connectivity index is 1.81. The van der Waals surface area contributed by atoms with Gasteiger partial charge in [0, 0.05) is 11.8 Å². The standard InChI is InChI=1S/C20H20FNO5S/c1-26-20(23)18-13-16(27-19-10-6-5-9-17(19)21)14-22(18)28(24,25)12-11-15-7-3-2-4-8-15/h2-12,16,18H,13-14H2,1H3/b12-11+. The van der Waals surface area contributed by atoms with E-state index in [1.165, 1.54) is 31.4 Å². The molecule has 1 saturated heterocycles. The maximum absolute atomic E-state index is 13.8. The molecule has 0 aliphatic carbocycles. The van der Waals surface area contributed by atoms with Gasteiger partial charge >= 0.3 is 5.97 Å². The van der Waals surface area contributed by atoms with Crippen molar-refractivity contribution in [3.05, 3.63) is 71.4 Å². The van der Waals surface area contributed by atoms with E-state index in [1.54, 1.807) is 30.3 Å². The molecule has 1 fully saturated rings. The molecule has 0 N–H and O–H groups in total. The molecule has 6 nitrogen and oxygen atoms in total. The number of methoxy groups -OCH3 is 1. The van der Waals surface area contributed by atoms with E-state index >= 15 is 0 Å². The van der Waals surface area contributed by atoms with E-state index in [0.29, 0.717) is 5.56 Å². The molecule has 28 heavy (non-hydrogen) atoms. The van der Waals surface area contributed by atoms with Gasteiger partial charge in [0.05, 0.1) is 13.7 Å². The van der Waals surface area contributed by atoms with Gasteiger partial charge in [-0.25, -0.2) is 12.8 Å². The van der Waals surface area contributed by atoms with Crippen molar-refractivity contribution in [3.8, 4) is 5.75 Å². The molecule has 0 saturated carbocycles. The van der Waals surface area contributed by atoms with E-state index in [-0.39, 0.29) is 18.7 Å². The number of sulfonamides is 1. The van der Waals surface area contributed by atoms with Crippen LogP contribution in [0.1, 0.15) is 12.0 Å². The molecule has 1 aliphatic heterocycles. The maximum Gasteiger partial charge on any atom is 0.324 e. The number of halogens is 1. The van der Waals surface area contributed by atoms with Gasteiger partial charge in [-0.05, 0) is 23.8 Å². The molecular formula is C20H20FNO5S. The molecule has 2 unspecified atom stereocenters. The Labute approximate surface area is 163 Å². The summed E-state index contributed by atoms with van der Waals surface area (Å²) in [7, 11) is -2.73. The van der Waals surface area contributed by atoms with Crippen molar-refractivity contribution in [2.45, 2.75) is 18.6 Å². The number of benzene rings is 2. The summed E-state index contributed by atoms with van der Waals surface area (Å²) in [6.07, 6.45) is 0.842. The summed E-state index contributed by atoms with van der Waals surface area (Å²) >= 11 is 0. The number of para-hydroxylation sites is 1. The van der Waals surface area contributed by atoms with Crippen LogP contribution in [0.3, 0.4) is 0 Å². The minimum Gasteiger partial charge on any atom is -0.486 e. The third-order valence-electron chi connectivity index (χ3n) is 4.38. The zero-order valence-corrected chi connectivity index (χ0v) is 16.0. The van der Waals surface area contributed by atoms with Gasteiger partial charge in [-0.3, -0.25) is 4.79 Å². The summed E-state index contributed by atoms with van der Waals surface area (Å²) in [5, 5.41) is 1.05. The Morgan fingerprint density at radius 3 is 2.50 bits per heavy atom. The number of hydrogen-bond acceptors (Lipinski definition) is 5. The number of carbonyl (C=O) groups excluding carboxylic acids is 1.